The minimum Gasteiger partial charge on any atom is -0.265 e. The molecule has 66 valence electrons. The Bertz CT molecular complexity index is 391. The standard InChI is InChI=1S/C11H10ClN/c1-8-5-10(7-13-8)9-3-2-4-11(12)6-9/h2-4,6-7H,5H2,1H3. The number of allylic oxidation sites excluding steroid dienone is 1. The second kappa shape index (κ2) is 3.35. The van der Waals surface area contributed by atoms with E-state index >= 15 is 0 Å². The number of rotatable bonds is 1. The average Bonchev–Trinajstić information content (AvgIpc) is 2.52. The molecule has 1 nitrogen and oxygen atoms in total. The second-order valence-corrected chi connectivity index (χ2v) is 3.64. The summed E-state index contributed by atoms with van der Waals surface area (Å²) in [6.45, 7) is 2.04. The van der Waals surface area contributed by atoms with E-state index in [4.69, 9.17) is 11.6 Å². The third-order valence-electron chi connectivity index (χ3n) is 2.08. The number of nitrogens with zero attached hydrogens (tertiary/aromatic N) is 1. The maximum absolute atomic E-state index is 5.90. The topological polar surface area (TPSA) is 12.4 Å². The second-order valence-electron chi connectivity index (χ2n) is 3.21. The summed E-state index contributed by atoms with van der Waals surface area (Å²) in [5, 5.41) is 0.781. The Hall–Kier alpha value is -1.08. The van der Waals surface area contributed by atoms with Gasteiger partial charge in [0.1, 0.15) is 0 Å². The Balaban J connectivity index is 2.29. The van der Waals surface area contributed by atoms with Crippen LogP contribution in [0.5, 0.6) is 0 Å². The van der Waals surface area contributed by atoms with Gasteiger partial charge in [0.15, 0.2) is 0 Å². The highest BCUT2D eigenvalue weighted by Crippen LogP contribution is 2.25. The molecule has 0 aromatic heterocycles. The molecule has 1 aliphatic heterocycles. The fourth-order valence-corrected chi connectivity index (χ4v) is 1.61. The van der Waals surface area contributed by atoms with E-state index in [1.54, 1.807) is 0 Å². The van der Waals surface area contributed by atoms with Crippen molar-refractivity contribution in [3.05, 3.63) is 41.1 Å². The quantitative estimate of drug-likeness (QED) is 0.644. The van der Waals surface area contributed by atoms with E-state index in [0.29, 0.717) is 0 Å². The van der Waals surface area contributed by atoms with Gasteiger partial charge in [-0.25, -0.2) is 0 Å². The zero-order valence-electron chi connectivity index (χ0n) is 7.42. The Morgan fingerprint density at radius 2 is 2.23 bits per heavy atom. The molecule has 2 rings (SSSR count). The van der Waals surface area contributed by atoms with Crippen LogP contribution in [0.2, 0.25) is 5.02 Å². The van der Waals surface area contributed by atoms with Crippen LogP contribution in [-0.4, -0.2) is 5.71 Å². The Kier molecular flexibility index (Phi) is 2.19. The predicted molar refractivity (Wildman–Crippen MR) is 57.2 cm³/mol. The maximum Gasteiger partial charge on any atom is 0.0412 e. The van der Waals surface area contributed by atoms with Gasteiger partial charge in [0.05, 0.1) is 0 Å². The van der Waals surface area contributed by atoms with Gasteiger partial charge in [-0.1, -0.05) is 23.7 Å². The minimum atomic E-state index is 0.781. The number of hydrogen-bond donors (Lipinski definition) is 0. The molecule has 0 aliphatic carbocycles. The van der Waals surface area contributed by atoms with Gasteiger partial charge in [0, 0.05) is 23.4 Å². The van der Waals surface area contributed by atoms with E-state index in [0.717, 1.165) is 17.2 Å². The van der Waals surface area contributed by atoms with Crippen molar-refractivity contribution in [1.82, 2.24) is 0 Å². The highest BCUT2D eigenvalue weighted by Gasteiger charge is 2.08. The van der Waals surface area contributed by atoms with E-state index in [1.165, 1.54) is 11.1 Å². The molecular weight excluding hydrogens is 182 g/mol. The van der Waals surface area contributed by atoms with Crippen molar-refractivity contribution in [1.29, 1.82) is 0 Å². The molecule has 1 heterocycles. The largest absolute Gasteiger partial charge is 0.265 e. The molecular formula is C11H10ClN. The van der Waals surface area contributed by atoms with Gasteiger partial charge >= 0.3 is 0 Å². The van der Waals surface area contributed by atoms with Crippen molar-refractivity contribution in [3.8, 4) is 0 Å². The lowest BCUT2D eigenvalue weighted by atomic mass is 10.0. The van der Waals surface area contributed by atoms with Gasteiger partial charge in [-0.2, -0.15) is 0 Å². The van der Waals surface area contributed by atoms with Crippen LogP contribution in [0.15, 0.2) is 35.5 Å². The van der Waals surface area contributed by atoms with Gasteiger partial charge in [0.25, 0.3) is 0 Å². The molecule has 0 unspecified atom stereocenters. The molecule has 0 N–H and O–H groups in total. The number of hydrogen-bond acceptors (Lipinski definition) is 1. The molecule has 13 heavy (non-hydrogen) atoms. The van der Waals surface area contributed by atoms with Crippen LogP contribution in [0.4, 0.5) is 0 Å². The molecule has 0 fully saturated rings. The summed E-state index contributed by atoms with van der Waals surface area (Å²) in [5.74, 6) is 0. The molecule has 1 aromatic rings. The molecule has 0 radical (unpaired) electrons. The highest BCUT2D eigenvalue weighted by atomic mass is 35.5. The van der Waals surface area contributed by atoms with Crippen LogP contribution in [-0.2, 0) is 0 Å². The maximum atomic E-state index is 5.90. The molecule has 0 bridgehead atoms. The first-order valence-corrected chi connectivity index (χ1v) is 4.62. The third kappa shape index (κ3) is 1.81. The average molecular weight is 192 g/mol. The smallest absolute Gasteiger partial charge is 0.0412 e. The summed E-state index contributed by atoms with van der Waals surface area (Å²) in [6, 6.07) is 7.88. The minimum absolute atomic E-state index is 0.781. The molecule has 0 spiro atoms. The van der Waals surface area contributed by atoms with Crippen molar-refractivity contribution in [2.45, 2.75) is 13.3 Å². The third-order valence-corrected chi connectivity index (χ3v) is 2.32. The monoisotopic (exact) mass is 191 g/mol. The normalized spacial score (nSPS) is 15.5. The van der Waals surface area contributed by atoms with E-state index in [1.807, 2.05) is 31.3 Å². The first-order chi connectivity index (χ1) is 6.25. The van der Waals surface area contributed by atoms with Crippen LogP contribution >= 0.6 is 11.6 Å². The first kappa shape index (κ1) is 8.52. The van der Waals surface area contributed by atoms with Crippen molar-refractivity contribution < 1.29 is 0 Å². The summed E-state index contributed by atoms with van der Waals surface area (Å²) < 4.78 is 0. The Labute approximate surface area is 82.8 Å². The van der Waals surface area contributed by atoms with E-state index in [-0.39, 0.29) is 0 Å². The first-order valence-electron chi connectivity index (χ1n) is 4.24. The van der Waals surface area contributed by atoms with E-state index < -0.39 is 0 Å². The van der Waals surface area contributed by atoms with Gasteiger partial charge in [-0.05, 0) is 30.2 Å². The molecule has 0 saturated carbocycles. The summed E-state index contributed by atoms with van der Waals surface area (Å²) in [7, 11) is 0. The van der Waals surface area contributed by atoms with Crippen molar-refractivity contribution in [3.63, 3.8) is 0 Å². The van der Waals surface area contributed by atoms with Crippen LogP contribution in [0.3, 0.4) is 0 Å². The Morgan fingerprint density at radius 1 is 1.38 bits per heavy atom. The van der Waals surface area contributed by atoms with Crippen molar-refractivity contribution >= 4 is 22.9 Å². The summed E-state index contributed by atoms with van der Waals surface area (Å²) in [5.41, 5.74) is 3.59. The molecule has 0 atom stereocenters. The number of benzene rings is 1. The predicted octanol–water partition coefficient (Wildman–Crippen LogP) is 3.55. The van der Waals surface area contributed by atoms with Crippen molar-refractivity contribution in [2.75, 3.05) is 0 Å². The van der Waals surface area contributed by atoms with E-state index in [9.17, 15) is 0 Å². The SMILES string of the molecule is CC1=NC=C(c2cccc(Cl)c2)C1. The lowest BCUT2D eigenvalue weighted by Crippen LogP contribution is -1.87. The van der Waals surface area contributed by atoms with Gasteiger partial charge < -0.3 is 0 Å². The van der Waals surface area contributed by atoms with Gasteiger partial charge in [-0.3, -0.25) is 4.99 Å². The van der Waals surface area contributed by atoms with Crippen molar-refractivity contribution in [2.24, 2.45) is 4.99 Å². The molecule has 0 amide bonds. The lowest BCUT2D eigenvalue weighted by molar-refractivity contribution is 1.47. The summed E-state index contributed by atoms with van der Waals surface area (Å²) in [6.07, 6.45) is 2.86. The fraction of sp³-hybridized carbons (Fsp3) is 0.182. The van der Waals surface area contributed by atoms with E-state index in [2.05, 4.69) is 11.1 Å². The zero-order chi connectivity index (χ0) is 9.26. The fourth-order valence-electron chi connectivity index (χ4n) is 1.42. The van der Waals surface area contributed by atoms with Crippen LogP contribution in [0.1, 0.15) is 18.9 Å². The number of halogens is 1. The molecule has 1 aliphatic rings. The van der Waals surface area contributed by atoms with Gasteiger partial charge in [-0.15, -0.1) is 0 Å². The molecule has 1 aromatic carbocycles. The molecule has 2 heteroatoms. The van der Waals surface area contributed by atoms with Crippen LogP contribution < -0.4 is 0 Å². The number of aliphatic imine (C=N–C) groups is 1. The summed E-state index contributed by atoms with van der Waals surface area (Å²) in [4.78, 5) is 4.24. The Morgan fingerprint density at radius 3 is 2.85 bits per heavy atom. The van der Waals surface area contributed by atoms with Crippen LogP contribution in [0, 0.1) is 0 Å². The highest BCUT2D eigenvalue weighted by molar-refractivity contribution is 6.30. The lowest BCUT2D eigenvalue weighted by Gasteiger charge is -2.01. The molecule has 0 saturated heterocycles. The van der Waals surface area contributed by atoms with Crippen LogP contribution in [0.25, 0.3) is 5.57 Å². The van der Waals surface area contributed by atoms with Gasteiger partial charge in [0.2, 0.25) is 0 Å². The summed E-state index contributed by atoms with van der Waals surface area (Å²) >= 11 is 5.90. The zero-order valence-corrected chi connectivity index (χ0v) is 8.17.